The number of benzene rings is 2. The molecular weight excluding hydrogens is 456 g/mol. The smallest absolute Gasteiger partial charge is 0.238 e. The summed E-state index contributed by atoms with van der Waals surface area (Å²) >= 11 is 0. The van der Waals surface area contributed by atoms with Crippen LogP contribution in [0, 0.1) is 0 Å². The second-order valence-corrected chi connectivity index (χ2v) is 8.81. The van der Waals surface area contributed by atoms with Gasteiger partial charge in [0.1, 0.15) is 0 Å². The van der Waals surface area contributed by atoms with E-state index in [1.807, 2.05) is 60.7 Å². The summed E-state index contributed by atoms with van der Waals surface area (Å²) in [5.41, 5.74) is 19.7. The van der Waals surface area contributed by atoms with Crippen LogP contribution in [0.15, 0.2) is 66.9 Å². The van der Waals surface area contributed by atoms with Gasteiger partial charge in [-0.1, -0.05) is 48.5 Å². The standard InChI is InChI=1S/C27H34N6O3/c28-15-21(16-29)32-26(35)14-22(30)27(36)33-24(11-10-18-6-2-1-3-7-18)25(34)13-19-12-20-8-4-5-9-23(20)31-17-19/h1-9,12,17,21-22,24H,10-11,13-16,28-30H2,(H,32,35)(H,33,36)/t22-,24-/m0/s1. The van der Waals surface area contributed by atoms with E-state index < -0.39 is 23.9 Å². The Labute approximate surface area is 210 Å². The fraction of sp³-hybridized carbons (Fsp3) is 0.333. The van der Waals surface area contributed by atoms with E-state index in [-0.39, 0.29) is 37.8 Å². The van der Waals surface area contributed by atoms with Crippen LogP contribution < -0.4 is 27.8 Å². The van der Waals surface area contributed by atoms with E-state index in [1.165, 1.54) is 0 Å². The lowest BCUT2D eigenvalue weighted by Crippen LogP contribution is -2.52. The van der Waals surface area contributed by atoms with E-state index >= 15 is 0 Å². The molecule has 0 saturated carbocycles. The zero-order valence-corrected chi connectivity index (χ0v) is 20.2. The van der Waals surface area contributed by atoms with Crippen molar-refractivity contribution in [1.29, 1.82) is 0 Å². The van der Waals surface area contributed by atoms with Crippen molar-refractivity contribution in [3.8, 4) is 0 Å². The number of pyridine rings is 1. The average molecular weight is 491 g/mol. The quantitative estimate of drug-likeness (QED) is 0.234. The summed E-state index contributed by atoms with van der Waals surface area (Å²) in [4.78, 5) is 42.7. The van der Waals surface area contributed by atoms with Gasteiger partial charge in [-0.3, -0.25) is 19.4 Å². The Morgan fingerprint density at radius 3 is 2.31 bits per heavy atom. The lowest BCUT2D eigenvalue weighted by atomic mass is 9.97. The number of hydrogen-bond acceptors (Lipinski definition) is 7. The zero-order chi connectivity index (χ0) is 25.9. The molecule has 3 aromatic rings. The number of fused-ring (bicyclic) bond motifs is 1. The number of aromatic nitrogens is 1. The number of hydrogen-bond donors (Lipinski definition) is 5. The van der Waals surface area contributed by atoms with Gasteiger partial charge in [0.25, 0.3) is 0 Å². The maximum absolute atomic E-state index is 13.3. The van der Waals surface area contributed by atoms with Crippen LogP contribution in [-0.4, -0.2) is 53.8 Å². The van der Waals surface area contributed by atoms with Crippen molar-refractivity contribution in [2.24, 2.45) is 17.2 Å². The summed E-state index contributed by atoms with van der Waals surface area (Å²) in [5.74, 6) is -1.14. The fourth-order valence-electron chi connectivity index (χ4n) is 3.88. The summed E-state index contributed by atoms with van der Waals surface area (Å²) in [6.07, 6.45) is 2.55. The van der Waals surface area contributed by atoms with Gasteiger partial charge in [-0.05, 0) is 36.1 Å². The summed E-state index contributed by atoms with van der Waals surface area (Å²) in [5, 5.41) is 6.36. The molecule has 36 heavy (non-hydrogen) atoms. The Morgan fingerprint density at radius 2 is 1.58 bits per heavy atom. The second kappa shape index (κ2) is 13.4. The molecule has 2 atom stereocenters. The van der Waals surface area contributed by atoms with Crippen molar-refractivity contribution in [2.45, 2.75) is 43.8 Å². The van der Waals surface area contributed by atoms with Gasteiger partial charge in [-0.2, -0.15) is 0 Å². The maximum atomic E-state index is 13.3. The van der Waals surface area contributed by atoms with Gasteiger partial charge in [0.2, 0.25) is 11.8 Å². The van der Waals surface area contributed by atoms with Crippen molar-refractivity contribution < 1.29 is 14.4 Å². The Balaban J connectivity index is 1.68. The highest BCUT2D eigenvalue weighted by molar-refractivity contribution is 5.94. The molecule has 0 radical (unpaired) electrons. The molecular formula is C27H34N6O3. The molecule has 8 N–H and O–H groups in total. The molecule has 2 amide bonds. The summed E-state index contributed by atoms with van der Waals surface area (Å²) < 4.78 is 0. The lowest BCUT2D eigenvalue weighted by molar-refractivity contribution is -0.130. The lowest BCUT2D eigenvalue weighted by Gasteiger charge is -2.21. The molecule has 0 unspecified atom stereocenters. The number of carbonyl (C=O) groups excluding carboxylic acids is 3. The first-order valence-corrected chi connectivity index (χ1v) is 12.0. The topological polar surface area (TPSA) is 166 Å². The molecule has 9 nitrogen and oxygen atoms in total. The minimum Gasteiger partial charge on any atom is -0.351 e. The van der Waals surface area contributed by atoms with Crippen LogP contribution in [0.2, 0.25) is 0 Å². The van der Waals surface area contributed by atoms with Crippen LogP contribution in [0.5, 0.6) is 0 Å². The molecule has 0 bridgehead atoms. The molecule has 190 valence electrons. The van der Waals surface area contributed by atoms with E-state index in [2.05, 4.69) is 15.6 Å². The van der Waals surface area contributed by atoms with Crippen molar-refractivity contribution in [3.63, 3.8) is 0 Å². The Kier molecular flexibility index (Phi) is 10.1. The predicted molar refractivity (Wildman–Crippen MR) is 140 cm³/mol. The number of amides is 2. The highest BCUT2D eigenvalue weighted by Gasteiger charge is 2.25. The van der Waals surface area contributed by atoms with Crippen LogP contribution in [0.1, 0.15) is 24.0 Å². The van der Waals surface area contributed by atoms with E-state index in [4.69, 9.17) is 17.2 Å². The highest BCUT2D eigenvalue weighted by atomic mass is 16.2. The average Bonchev–Trinajstić information content (AvgIpc) is 2.89. The minimum absolute atomic E-state index is 0.113. The fourth-order valence-corrected chi connectivity index (χ4v) is 3.88. The first-order valence-electron chi connectivity index (χ1n) is 12.0. The molecule has 3 rings (SSSR count). The molecule has 1 aromatic heterocycles. The Morgan fingerprint density at radius 1 is 0.889 bits per heavy atom. The number of aryl methyl sites for hydroxylation is 1. The number of nitrogens with two attached hydrogens (primary N) is 3. The molecule has 0 aliphatic rings. The maximum Gasteiger partial charge on any atom is 0.238 e. The molecule has 0 aliphatic carbocycles. The first-order chi connectivity index (χ1) is 17.4. The molecule has 0 aliphatic heterocycles. The monoisotopic (exact) mass is 490 g/mol. The molecule has 0 saturated heterocycles. The first kappa shape index (κ1) is 26.9. The summed E-state index contributed by atoms with van der Waals surface area (Å²) in [6, 6.07) is 17.0. The summed E-state index contributed by atoms with van der Waals surface area (Å²) in [6.45, 7) is 0.368. The highest BCUT2D eigenvalue weighted by Crippen LogP contribution is 2.15. The molecule has 9 heteroatoms. The Hall–Kier alpha value is -3.66. The van der Waals surface area contributed by atoms with Gasteiger partial charge in [0.15, 0.2) is 5.78 Å². The third kappa shape index (κ3) is 7.94. The number of carbonyl (C=O) groups is 3. The largest absolute Gasteiger partial charge is 0.351 e. The summed E-state index contributed by atoms with van der Waals surface area (Å²) in [7, 11) is 0. The SMILES string of the molecule is NCC(CN)NC(=O)C[C@H](N)C(=O)N[C@@H](CCc1ccccc1)C(=O)Cc1cnc2ccccc2c1. The van der Waals surface area contributed by atoms with Gasteiger partial charge in [0.05, 0.1) is 30.1 Å². The van der Waals surface area contributed by atoms with Gasteiger partial charge in [0, 0.05) is 31.1 Å². The molecule has 0 fully saturated rings. The normalized spacial score (nSPS) is 12.8. The number of Topliss-reactive ketones (excluding diaryl/α,β-unsaturated/α-hetero) is 1. The van der Waals surface area contributed by atoms with Crippen molar-refractivity contribution in [3.05, 3.63) is 78.0 Å². The van der Waals surface area contributed by atoms with Crippen LogP contribution in [0.3, 0.4) is 0 Å². The molecule has 0 spiro atoms. The second-order valence-electron chi connectivity index (χ2n) is 8.81. The van der Waals surface area contributed by atoms with Crippen molar-refractivity contribution in [1.82, 2.24) is 15.6 Å². The zero-order valence-electron chi connectivity index (χ0n) is 20.2. The third-order valence-corrected chi connectivity index (χ3v) is 5.97. The van der Waals surface area contributed by atoms with Gasteiger partial charge in [-0.15, -0.1) is 0 Å². The number of nitrogens with one attached hydrogen (secondary N) is 2. The third-order valence-electron chi connectivity index (χ3n) is 5.97. The number of para-hydroxylation sites is 1. The number of ketones is 1. The number of nitrogens with zero attached hydrogens (tertiary/aromatic N) is 1. The minimum atomic E-state index is -1.12. The van der Waals surface area contributed by atoms with E-state index in [0.717, 1.165) is 22.0 Å². The molecule has 1 heterocycles. The van der Waals surface area contributed by atoms with Gasteiger partial charge in [-0.25, -0.2) is 0 Å². The van der Waals surface area contributed by atoms with Crippen LogP contribution in [-0.2, 0) is 27.2 Å². The van der Waals surface area contributed by atoms with E-state index in [9.17, 15) is 14.4 Å². The van der Waals surface area contributed by atoms with E-state index in [0.29, 0.717) is 12.8 Å². The van der Waals surface area contributed by atoms with Crippen LogP contribution >= 0.6 is 0 Å². The Bertz CT molecular complexity index is 1170. The van der Waals surface area contributed by atoms with Crippen LogP contribution in [0.4, 0.5) is 0 Å². The van der Waals surface area contributed by atoms with Gasteiger partial charge < -0.3 is 27.8 Å². The van der Waals surface area contributed by atoms with Crippen molar-refractivity contribution >= 4 is 28.5 Å². The van der Waals surface area contributed by atoms with E-state index in [1.54, 1.807) is 6.20 Å². The van der Waals surface area contributed by atoms with Crippen LogP contribution in [0.25, 0.3) is 10.9 Å². The molecule has 2 aromatic carbocycles. The van der Waals surface area contributed by atoms with Gasteiger partial charge >= 0.3 is 0 Å². The number of rotatable bonds is 13. The van der Waals surface area contributed by atoms with Crippen molar-refractivity contribution in [2.75, 3.05) is 13.1 Å². The predicted octanol–water partition coefficient (Wildman–Crippen LogP) is 0.584.